The summed E-state index contributed by atoms with van der Waals surface area (Å²) in [5.74, 6) is 2.94. The van der Waals surface area contributed by atoms with Crippen LogP contribution in [0.2, 0.25) is 0 Å². The highest BCUT2D eigenvalue weighted by atomic mass is 32.2. The molecule has 0 amide bonds. The number of anilines is 2. The maximum Gasteiger partial charge on any atom is 0.258 e. The smallest absolute Gasteiger partial charge is 0.258 e. The molecule has 0 aliphatic heterocycles. The van der Waals surface area contributed by atoms with Crippen LogP contribution >= 0.6 is 11.8 Å². The molecule has 2 aromatic heterocycles. The third-order valence-electron chi connectivity index (χ3n) is 3.27. The van der Waals surface area contributed by atoms with Crippen LogP contribution in [0, 0.1) is 0 Å². The molecule has 3 rings (SSSR count). The first-order valence-electron chi connectivity index (χ1n) is 8.57. The highest BCUT2D eigenvalue weighted by molar-refractivity contribution is 7.99. The summed E-state index contributed by atoms with van der Waals surface area (Å²) in [6.07, 6.45) is 1.59. The lowest BCUT2D eigenvalue weighted by Gasteiger charge is -2.10. The van der Waals surface area contributed by atoms with E-state index < -0.39 is 0 Å². The lowest BCUT2D eigenvalue weighted by Crippen LogP contribution is -2.16. The maximum atomic E-state index is 5.67. The monoisotopic (exact) mass is 386 g/mol. The van der Waals surface area contributed by atoms with E-state index in [-0.39, 0.29) is 6.04 Å². The number of para-hydroxylation sites is 1. The number of nitrogens with zero attached hydrogens (tertiary/aromatic N) is 6. The summed E-state index contributed by atoms with van der Waals surface area (Å²) in [5.41, 5.74) is 0. The summed E-state index contributed by atoms with van der Waals surface area (Å²) in [7, 11) is 1.76. The quantitative estimate of drug-likeness (QED) is 0.424. The van der Waals surface area contributed by atoms with Gasteiger partial charge in [0.05, 0.1) is 6.61 Å². The number of hydrogen-bond donors (Lipinski definition) is 2. The van der Waals surface area contributed by atoms with Crippen LogP contribution in [0.4, 0.5) is 11.9 Å². The minimum Gasteiger partial charge on any atom is -0.493 e. The molecule has 0 bridgehead atoms. The van der Waals surface area contributed by atoms with Crippen molar-refractivity contribution < 1.29 is 4.74 Å². The number of rotatable bonds is 9. The molecule has 0 spiro atoms. The summed E-state index contributed by atoms with van der Waals surface area (Å²) in [4.78, 5) is 17.3. The summed E-state index contributed by atoms with van der Waals surface area (Å²) in [6.45, 7) is 4.61. The van der Waals surface area contributed by atoms with Crippen molar-refractivity contribution in [1.82, 2.24) is 29.7 Å². The number of thioether (sulfide) groups is 1. The zero-order valence-electron chi connectivity index (χ0n) is 15.5. The number of nitrogens with one attached hydrogen (secondary N) is 2. The Morgan fingerprint density at radius 1 is 1.11 bits per heavy atom. The summed E-state index contributed by atoms with van der Waals surface area (Å²) in [5, 5.41) is 11.2. The van der Waals surface area contributed by atoms with Gasteiger partial charge in [0.1, 0.15) is 12.1 Å². The van der Waals surface area contributed by atoms with Crippen molar-refractivity contribution in [2.75, 3.05) is 30.0 Å². The molecule has 0 atom stereocenters. The molecule has 3 aromatic rings. The lowest BCUT2D eigenvalue weighted by molar-refractivity contribution is 0.344. The Hall–Kier alpha value is -2.88. The Kier molecular flexibility index (Phi) is 6.42. The van der Waals surface area contributed by atoms with Crippen molar-refractivity contribution >= 4 is 23.7 Å². The lowest BCUT2D eigenvalue weighted by atomic mass is 10.3. The molecule has 0 saturated carbocycles. The van der Waals surface area contributed by atoms with Crippen LogP contribution in [0.1, 0.15) is 13.8 Å². The number of aromatic nitrogens is 6. The largest absolute Gasteiger partial charge is 0.493 e. The Bertz CT molecular complexity index is 855. The molecule has 0 unspecified atom stereocenters. The van der Waals surface area contributed by atoms with Gasteiger partial charge in [-0.25, -0.2) is 4.98 Å². The van der Waals surface area contributed by atoms with Crippen molar-refractivity contribution in [2.45, 2.75) is 25.0 Å². The molecule has 10 heteroatoms. The predicted molar refractivity (Wildman–Crippen MR) is 106 cm³/mol. The summed E-state index contributed by atoms with van der Waals surface area (Å²) >= 11 is 1.51. The van der Waals surface area contributed by atoms with Crippen molar-refractivity contribution in [3.8, 4) is 11.7 Å². The first-order valence-corrected chi connectivity index (χ1v) is 9.55. The van der Waals surface area contributed by atoms with Gasteiger partial charge < -0.3 is 15.4 Å². The minimum atomic E-state index is 0.205. The highest BCUT2D eigenvalue weighted by Crippen LogP contribution is 2.15. The standard InChI is InChI=1S/C17H22N8OS/c1-12(2)20-15-21-14(18-3)22-16(23-15)25-11-19-17(24-25)27-10-9-26-13-7-5-4-6-8-13/h4-8,11-12H,9-10H2,1-3H3,(H2,18,20,21,22,23). The van der Waals surface area contributed by atoms with Gasteiger partial charge in [-0.3, -0.25) is 0 Å². The summed E-state index contributed by atoms with van der Waals surface area (Å²) < 4.78 is 7.21. The number of hydrogen-bond acceptors (Lipinski definition) is 9. The molecule has 0 aliphatic rings. The second-order valence-electron chi connectivity index (χ2n) is 5.81. The average molecular weight is 386 g/mol. The van der Waals surface area contributed by atoms with Crippen molar-refractivity contribution in [1.29, 1.82) is 0 Å². The van der Waals surface area contributed by atoms with Crippen molar-refractivity contribution in [3.63, 3.8) is 0 Å². The van der Waals surface area contributed by atoms with E-state index >= 15 is 0 Å². The van der Waals surface area contributed by atoms with Crippen LogP contribution in [-0.2, 0) is 0 Å². The van der Waals surface area contributed by atoms with Gasteiger partial charge in [-0.1, -0.05) is 30.0 Å². The van der Waals surface area contributed by atoms with Gasteiger partial charge in [0.25, 0.3) is 5.95 Å². The fraction of sp³-hybridized carbons (Fsp3) is 0.353. The topological polar surface area (TPSA) is 103 Å². The van der Waals surface area contributed by atoms with Crippen LogP contribution in [0.25, 0.3) is 5.95 Å². The zero-order chi connectivity index (χ0) is 19.1. The van der Waals surface area contributed by atoms with E-state index in [4.69, 9.17) is 4.74 Å². The van der Waals surface area contributed by atoms with Crippen LogP contribution in [-0.4, -0.2) is 55.2 Å². The van der Waals surface area contributed by atoms with E-state index in [1.165, 1.54) is 16.4 Å². The molecular formula is C17H22N8OS. The second-order valence-corrected chi connectivity index (χ2v) is 6.88. The van der Waals surface area contributed by atoms with E-state index in [9.17, 15) is 0 Å². The molecule has 0 aliphatic carbocycles. The SMILES string of the molecule is CNc1nc(NC(C)C)nc(-n2cnc(SCCOc3ccccc3)n2)n1. The molecule has 0 radical (unpaired) electrons. The molecule has 0 fully saturated rings. The molecule has 9 nitrogen and oxygen atoms in total. The van der Waals surface area contributed by atoms with Crippen LogP contribution in [0.5, 0.6) is 5.75 Å². The number of benzene rings is 1. The minimum absolute atomic E-state index is 0.205. The Morgan fingerprint density at radius 3 is 2.63 bits per heavy atom. The van der Waals surface area contributed by atoms with Gasteiger partial charge in [-0.15, -0.1) is 5.10 Å². The van der Waals surface area contributed by atoms with E-state index in [0.29, 0.717) is 29.6 Å². The van der Waals surface area contributed by atoms with Gasteiger partial charge >= 0.3 is 0 Å². The Morgan fingerprint density at radius 2 is 1.89 bits per heavy atom. The second kappa shape index (κ2) is 9.17. The Labute approximate surface area is 162 Å². The molecular weight excluding hydrogens is 364 g/mol. The third kappa shape index (κ3) is 5.55. The van der Waals surface area contributed by atoms with E-state index in [1.807, 2.05) is 44.2 Å². The molecule has 27 heavy (non-hydrogen) atoms. The molecule has 2 N–H and O–H groups in total. The molecule has 2 heterocycles. The fourth-order valence-corrected chi connectivity index (χ4v) is 2.74. The molecule has 0 saturated heterocycles. The van der Waals surface area contributed by atoms with Crippen LogP contribution in [0.15, 0.2) is 41.8 Å². The molecule has 142 valence electrons. The van der Waals surface area contributed by atoms with Gasteiger partial charge in [-0.05, 0) is 26.0 Å². The first kappa shape index (κ1) is 18.9. The summed E-state index contributed by atoms with van der Waals surface area (Å²) in [6, 6.07) is 9.92. The van der Waals surface area contributed by atoms with Gasteiger partial charge in [0.15, 0.2) is 0 Å². The van der Waals surface area contributed by atoms with E-state index in [2.05, 4.69) is 35.7 Å². The van der Waals surface area contributed by atoms with E-state index in [0.717, 1.165) is 11.5 Å². The van der Waals surface area contributed by atoms with Crippen LogP contribution in [0.3, 0.4) is 0 Å². The average Bonchev–Trinajstić information content (AvgIpc) is 3.14. The first-order chi connectivity index (χ1) is 13.1. The van der Waals surface area contributed by atoms with Gasteiger partial charge in [-0.2, -0.15) is 19.6 Å². The zero-order valence-corrected chi connectivity index (χ0v) is 16.3. The maximum absolute atomic E-state index is 5.67. The third-order valence-corrected chi connectivity index (χ3v) is 4.08. The highest BCUT2D eigenvalue weighted by Gasteiger charge is 2.11. The predicted octanol–water partition coefficient (Wildman–Crippen LogP) is 2.49. The van der Waals surface area contributed by atoms with Crippen LogP contribution < -0.4 is 15.4 Å². The number of ether oxygens (including phenoxy) is 1. The van der Waals surface area contributed by atoms with Gasteiger partial charge in [0.2, 0.25) is 17.1 Å². The Balaban J connectivity index is 1.61. The fourth-order valence-electron chi connectivity index (χ4n) is 2.12. The van der Waals surface area contributed by atoms with Crippen molar-refractivity contribution in [2.24, 2.45) is 0 Å². The van der Waals surface area contributed by atoms with Crippen molar-refractivity contribution in [3.05, 3.63) is 36.7 Å². The van der Waals surface area contributed by atoms with Gasteiger partial charge in [0, 0.05) is 18.8 Å². The normalized spacial score (nSPS) is 10.8. The molecule has 1 aromatic carbocycles. The van der Waals surface area contributed by atoms with E-state index in [1.54, 1.807) is 13.4 Å².